The third kappa shape index (κ3) is 2.71. The summed E-state index contributed by atoms with van der Waals surface area (Å²) in [5.74, 6) is 1.60. The molecular weight excluding hydrogens is 266 g/mol. The Balaban J connectivity index is 1.78. The second-order valence-corrected chi connectivity index (χ2v) is 4.72. The van der Waals surface area contributed by atoms with Gasteiger partial charge in [0.05, 0.1) is 13.4 Å². The lowest BCUT2D eigenvalue weighted by atomic mass is 10.1. The van der Waals surface area contributed by atoms with E-state index >= 15 is 0 Å². The molecule has 1 aromatic heterocycles. The maximum Gasteiger partial charge on any atom is 0.138 e. The highest BCUT2D eigenvalue weighted by molar-refractivity contribution is 5.83. The number of para-hydroxylation sites is 1. The molecule has 0 bridgehead atoms. The van der Waals surface area contributed by atoms with Gasteiger partial charge in [-0.3, -0.25) is 0 Å². The molecule has 0 amide bonds. The molecule has 2 aromatic carbocycles. The molecule has 4 nitrogen and oxygen atoms in total. The SMILES string of the molecule is COc1ccc(OCc2coc3c(CN)cccc23)cc1. The molecule has 2 N–H and O–H groups in total. The second-order valence-electron chi connectivity index (χ2n) is 4.72. The number of rotatable bonds is 5. The quantitative estimate of drug-likeness (QED) is 0.779. The maximum atomic E-state index is 5.78. The van der Waals surface area contributed by atoms with Crippen LogP contribution < -0.4 is 15.2 Å². The van der Waals surface area contributed by atoms with Crippen LogP contribution in [0.1, 0.15) is 11.1 Å². The highest BCUT2D eigenvalue weighted by Crippen LogP contribution is 2.26. The Morgan fingerprint density at radius 3 is 2.48 bits per heavy atom. The Kier molecular flexibility index (Phi) is 3.79. The van der Waals surface area contributed by atoms with Crippen molar-refractivity contribution in [2.75, 3.05) is 7.11 Å². The predicted octanol–water partition coefficient (Wildman–Crippen LogP) is 3.48. The summed E-state index contributed by atoms with van der Waals surface area (Å²) in [4.78, 5) is 0. The molecule has 0 saturated carbocycles. The first kappa shape index (κ1) is 13.5. The average Bonchev–Trinajstić information content (AvgIpc) is 2.96. The summed E-state index contributed by atoms with van der Waals surface area (Å²) >= 11 is 0. The largest absolute Gasteiger partial charge is 0.497 e. The van der Waals surface area contributed by atoms with E-state index in [1.54, 1.807) is 13.4 Å². The van der Waals surface area contributed by atoms with Crippen LogP contribution in [-0.2, 0) is 13.2 Å². The summed E-state index contributed by atoms with van der Waals surface area (Å²) in [6.07, 6.45) is 1.73. The number of fused-ring (bicyclic) bond motifs is 1. The molecule has 21 heavy (non-hydrogen) atoms. The van der Waals surface area contributed by atoms with E-state index < -0.39 is 0 Å². The van der Waals surface area contributed by atoms with E-state index in [9.17, 15) is 0 Å². The van der Waals surface area contributed by atoms with Crippen LogP contribution in [0.2, 0.25) is 0 Å². The molecule has 3 aromatic rings. The van der Waals surface area contributed by atoms with Gasteiger partial charge in [-0.25, -0.2) is 0 Å². The number of nitrogens with two attached hydrogens (primary N) is 1. The lowest BCUT2D eigenvalue weighted by molar-refractivity contribution is 0.305. The van der Waals surface area contributed by atoms with E-state index in [0.717, 1.165) is 33.6 Å². The molecule has 108 valence electrons. The number of ether oxygens (including phenoxy) is 2. The van der Waals surface area contributed by atoms with Gasteiger partial charge in [0.15, 0.2) is 0 Å². The van der Waals surface area contributed by atoms with Crippen LogP contribution in [0.15, 0.2) is 53.1 Å². The Morgan fingerprint density at radius 1 is 1.00 bits per heavy atom. The van der Waals surface area contributed by atoms with Gasteiger partial charge >= 0.3 is 0 Å². The zero-order chi connectivity index (χ0) is 14.7. The minimum absolute atomic E-state index is 0.452. The molecule has 0 fully saturated rings. The Bertz CT molecular complexity index is 731. The third-order valence-electron chi connectivity index (χ3n) is 3.44. The van der Waals surface area contributed by atoms with Crippen molar-refractivity contribution in [3.63, 3.8) is 0 Å². The van der Waals surface area contributed by atoms with Gasteiger partial charge in [0.25, 0.3) is 0 Å². The smallest absolute Gasteiger partial charge is 0.138 e. The maximum absolute atomic E-state index is 5.78. The Labute approximate surface area is 123 Å². The monoisotopic (exact) mass is 283 g/mol. The van der Waals surface area contributed by atoms with Gasteiger partial charge in [-0.05, 0) is 24.3 Å². The topological polar surface area (TPSA) is 57.6 Å². The van der Waals surface area contributed by atoms with Gasteiger partial charge < -0.3 is 19.6 Å². The fourth-order valence-electron chi connectivity index (χ4n) is 2.28. The molecule has 0 radical (unpaired) electrons. The van der Waals surface area contributed by atoms with Crippen molar-refractivity contribution in [3.8, 4) is 11.5 Å². The van der Waals surface area contributed by atoms with E-state index in [1.807, 2.05) is 42.5 Å². The molecule has 0 aliphatic rings. The van der Waals surface area contributed by atoms with Gasteiger partial charge in [-0.2, -0.15) is 0 Å². The summed E-state index contributed by atoms with van der Waals surface area (Å²) < 4.78 is 16.5. The van der Waals surface area contributed by atoms with Crippen molar-refractivity contribution >= 4 is 11.0 Å². The van der Waals surface area contributed by atoms with Crippen molar-refractivity contribution in [2.24, 2.45) is 5.73 Å². The summed E-state index contributed by atoms with van der Waals surface area (Å²) in [6, 6.07) is 13.5. The van der Waals surface area contributed by atoms with Crippen molar-refractivity contribution in [1.82, 2.24) is 0 Å². The van der Waals surface area contributed by atoms with Gasteiger partial charge in [0.2, 0.25) is 0 Å². The number of furan rings is 1. The van der Waals surface area contributed by atoms with Crippen LogP contribution in [0.25, 0.3) is 11.0 Å². The molecule has 1 heterocycles. The summed E-state index contributed by atoms with van der Waals surface area (Å²) in [6.45, 7) is 0.914. The predicted molar refractivity (Wildman–Crippen MR) is 81.4 cm³/mol. The number of benzene rings is 2. The minimum atomic E-state index is 0.452. The van der Waals surface area contributed by atoms with E-state index in [-0.39, 0.29) is 0 Å². The van der Waals surface area contributed by atoms with Crippen LogP contribution in [0.5, 0.6) is 11.5 Å². The molecular formula is C17H17NO3. The highest BCUT2D eigenvalue weighted by atomic mass is 16.5. The first-order valence-corrected chi connectivity index (χ1v) is 6.76. The Hall–Kier alpha value is -2.46. The Morgan fingerprint density at radius 2 is 1.76 bits per heavy atom. The molecule has 0 saturated heterocycles. The van der Waals surface area contributed by atoms with E-state index in [4.69, 9.17) is 19.6 Å². The molecule has 0 unspecified atom stereocenters. The number of methoxy groups -OCH3 is 1. The van der Waals surface area contributed by atoms with Crippen LogP contribution in [-0.4, -0.2) is 7.11 Å². The fourth-order valence-corrected chi connectivity index (χ4v) is 2.28. The van der Waals surface area contributed by atoms with Crippen molar-refractivity contribution in [3.05, 3.63) is 59.9 Å². The van der Waals surface area contributed by atoms with Crippen LogP contribution in [0.4, 0.5) is 0 Å². The fraction of sp³-hybridized carbons (Fsp3) is 0.176. The lowest BCUT2D eigenvalue weighted by Crippen LogP contribution is -1.97. The molecule has 0 spiro atoms. The zero-order valence-electron chi connectivity index (χ0n) is 11.8. The average molecular weight is 283 g/mol. The summed E-state index contributed by atoms with van der Waals surface area (Å²) in [7, 11) is 1.64. The van der Waals surface area contributed by atoms with E-state index in [0.29, 0.717) is 13.2 Å². The molecule has 0 aliphatic carbocycles. The van der Waals surface area contributed by atoms with E-state index in [1.165, 1.54) is 0 Å². The zero-order valence-corrected chi connectivity index (χ0v) is 11.8. The summed E-state index contributed by atoms with van der Waals surface area (Å²) in [5, 5.41) is 1.05. The molecule has 0 atom stereocenters. The summed E-state index contributed by atoms with van der Waals surface area (Å²) in [5.41, 5.74) is 8.57. The molecule has 4 heteroatoms. The normalized spacial score (nSPS) is 10.8. The third-order valence-corrected chi connectivity index (χ3v) is 3.44. The van der Waals surface area contributed by atoms with Gasteiger partial charge in [0.1, 0.15) is 23.7 Å². The van der Waals surface area contributed by atoms with E-state index in [2.05, 4.69) is 0 Å². The second kappa shape index (κ2) is 5.89. The van der Waals surface area contributed by atoms with Gasteiger partial charge in [-0.15, -0.1) is 0 Å². The molecule has 0 aliphatic heterocycles. The number of hydrogen-bond acceptors (Lipinski definition) is 4. The minimum Gasteiger partial charge on any atom is -0.497 e. The van der Waals surface area contributed by atoms with Crippen LogP contribution in [0.3, 0.4) is 0 Å². The first-order chi connectivity index (χ1) is 10.3. The van der Waals surface area contributed by atoms with Crippen molar-refractivity contribution < 1.29 is 13.9 Å². The number of hydrogen-bond donors (Lipinski definition) is 1. The van der Waals surface area contributed by atoms with Gasteiger partial charge in [-0.1, -0.05) is 18.2 Å². The highest BCUT2D eigenvalue weighted by Gasteiger charge is 2.09. The first-order valence-electron chi connectivity index (χ1n) is 6.76. The van der Waals surface area contributed by atoms with Crippen LogP contribution in [0, 0.1) is 0 Å². The lowest BCUT2D eigenvalue weighted by Gasteiger charge is -2.06. The standard InChI is InChI=1S/C17H17NO3/c1-19-14-5-7-15(8-6-14)20-10-13-11-21-17-12(9-18)3-2-4-16(13)17/h2-8,11H,9-10,18H2,1H3. The van der Waals surface area contributed by atoms with Crippen LogP contribution >= 0.6 is 0 Å². The van der Waals surface area contributed by atoms with Crippen molar-refractivity contribution in [1.29, 1.82) is 0 Å². The van der Waals surface area contributed by atoms with Gasteiger partial charge in [0, 0.05) is 23.1 Å². The van der Waals surface area contributed by atoms with Crippen molar-refractivity contribution in [2.45, 2.75) is 13.2 Å². The molecule has 3 rings (SSSR count).